The molecular weight excluding hydrogens is 424 g/mol. The minimum atomic E-state index is -0.252. The maximum absolute atomic E-state index is 11.9. The lowest BCUT2D eigenvalue weighted by molar-refractivity contribution is -0.123. The van der Waals surface area contributed by atoms with Crippen LogP contribution in [0.25, 0.3) is 0 Å². The van der Waals surface area contributed by atoms with Gasteiger partial charge in [0.15, 0.2) is 0 Å². The van der Waals surface area contributed by atoms with Crippen LogP contribution in [0.5, 0.6) is 0 Å². The van der Waals surface area contributed by atoms with Gasteiger partial charge in [-0.25, -0.2) is 0 Å². The van der Waals surface area contributed by atoms with E-state index in [1.54, 1.807) is 0 Å². The Balaban J connectivity index is 1.70. The molecule has 2 amide bonds. The Bertz CT molecular complexity index is 770. The minimum Gasteiger partial charge on any atom is -0.347 e. The summed E-state index contributed by atoms with van der Waals surface area (Å²) in [6.45, 7) is 1.86. The molecule has 0 bridgehead atoms. The van der Waals surface area contributed by atoms with Gasteiger partial charge in [0.1, 0.15) is 0 Å². The predicted molar refractivity (Wildman–Crippen MR) is 107 cm³/mol. The maximum Gasteiger partial charge on any atom is 0.243 e. The molecule has 0 aliphatic carbocycles. The number of hydrogen-bond acceptors (Lipinski definition) is 3. The number of amides is 2. The van der Waals surface area contributed by atoms with Crippen molar-refractivity contribution in [3.63, 3.8) is 0 Å². The van der Waals surface area contributed by atoms with Gasteiger partial charge in [-0.1, -0.05) is 39.7 Å². The second kappa shape index (κ2) is 9.85. The van der Waals surface area contributed by atoms with E-state index in [0.29, 0.717) is 17.2 Å². The monoisotopic (exact) mass is 440 g/mol. The second-order valence-corrected chi connectivity index (χ2v) is 7.77. The quantitative estimate of drug-likeness (QED) is 0.615. The number of thioether (sulfide) groups is 1. The lowest BCUT2D eigenvalue weighted by atomic mass is 10.2. The molecule has 0 heterocycles. The van der Waals surface area contributed by atoms with Gasteiger partial charge in [0.05, 0.1) is 11.6 Å². The van der Waals surface area contributed by atoms with Crippen molar-refractivity contribution in [2.45, 2.75) is 18.2 Å². The Morgan fingerprint density at radius 3 is 2.64 bits per heavy atom. The van der Waals surface area contributed by atoms with Crippen LogP contribution in [0.1, 0.15) is 12.0 Å². The van der Waals surface area contributed by atoms with Crippen molar-refractivity contribution in [1.82, 2.24) is 5.32 Å². The fraction of sp³-hybridized carbons (Fsp3) is 0.222. The van der Waals surface area contributed by atoms with Crippen molar-refractivity contribution in [1.29, 1.82) is 0 Å². The number of anilines is 1. The average Bonchev–Trinajstić information content (AvgIpc) is 2.57. The van der Waals surface area contributed by atoms with Gasteiger partial charge in [-0.05, 0) is 42.8 Å². The first kappa shape index (κ1) is 19.8. The van der Waals surface area contributed by atoms with Crippen molar-refractivity contribution in [2.75, 3.05) is 17.6 Å². The number of rotatable bonds is 7. The third-order valence-corrected chi connectivity index (χ3v) is 5.34. The zero-order valence-corrected chi connectivity index (χ0v) is 16.8. The number of carbonyl (C=O) groups is 2. The Morgan fingerprint density at radius 1 is 1.16 bits per heavy atom. The lowest BCUT2D eigenvalue weighted by Gasteiger charge is -2.10. The lowest BCUT2D eigenvalue weighted by Crippen LogP contribution is -2.33. The van der Waals surface area contributed by atoms with E-state index < -0.39 is 0 Å². The first-order valence-electron chi connectivity index (χ1n) is 7.66. The van der Waals surface area contributed by atoms with Gasteiger partial charge in [0, 0.05) is 27.2 Å². The van der Waals surface area contributed by atoms with E-state index in [2.05, 4.69) is 26.6 Å². The Hall–Kier alpha value is -1.50. The molecule has 0 saturated heterocycles. The average molecular weight is 442 g/mol. The first-order chi connectivity index (χ1) is 12.0. The molecule has 0 saturated carbocycles. The molecule has 25 heavy (non-hydrogen) atoms. The standard InChI is InChI=1S/C18H18BrClN2O2S/c1-12-10-13(19)6-7-15(12)22-18(24)11-21-17(23)8-9-25-16-5-3-2-4-14(16)20/h2-7,10H,8-9,11H2,1H3,(H,21,23)(H,22,24). The van der Waals surface area contributed by atoms with Crippen LogP contribution in [0.3, 0.4) is 0 Å². The van der Waals surface area contributed by atoms with Crippen molar-refractivity contribution in [3.05, 3.63) is 57.5 Å². The van der Waals surface area contributed by atoms with Crippen molar-refractivity contribution < 1.29 is 9.59 Å². The zero-order chi connectivity index (χ0) is 18.2. The molecule has 4 nitrogen and oxygen atoms in total. The van der Waals surface area contributed by atoms with E-state index in [0.717, 1.165) is 20.6 Å². The SMILES string of the molecule is Cc1cc(Br)ccc1NC(=O)CNC(=O)CCSc1ccccc1Cl. The van der Waals surface area contributed by atoms with Gasteiger partial charge < -0.3 is 10.6 Å². The molecule has 0 aliphatic rings. The first-order valence-corrected chi connectivity index (χ1v) is 9.81. The summed E-state index contributed by atoms with van der Waals surface area (Å²) in [7, 11) is 0. The highest BCUT2D eigenvalue weighted by Gasteiger charge is 2.08. The molecule has 132 valence electrons. The second-order valence-electron chi connectivity index (χ2n) is 5.31. The van der Waals surface area contributed by atoms with Crippen LogP contribution in [-0.4, -0.2) is 24.1 Å². The molecule has 2 rings (SSSR count). The third-order valence-electron chi connectivity index (χ3n) is 3.33. The van der Waals surface area contributed by atoms with Crippen molar-refractivity contribution >= 4 is 56.8 Å². The topological polar surface area (TPSA) is 58.2 Å². The van der Waals surface area contributed by atoms with Crippen LogP contribution in [-0.2, 0) is 9.59 Å². The summed E-state index contributed by atoms with van der Waals surface area (Å²) in [6, 6.07) is 13.1. The molecule has 2 aromatic carbocycles. The molecule has 0 aliphatic heterocycles. The van der Waals surface area contributed by atoms with Crippen LogP contribution in [0.2, 0.25) is 5.02 Å². The van der Waals surface area contributed by atoms with Gasteiger partial charge >= 0.3 is 0 Å². The maximum atomic E-state index is 11.9. The van der Waals surface area contributed by atoms with Crippen molar-refractivity contribution in [3.8, 4) is 0 Å². The Morgan fingerprint density at radius 2 is 1.92 bits per heavy atom. The van der Waals surface area contributed by atoms with Gasteiger partial charge in [-0.2, -0.15) is 0 Å². The largest absolute Gasteiger partial charge is 0.347 e. The van der Waals surface area contributed by atoms with Gasteiger partial charge in [0.25, 0.3) is 0 Å². The van der Waals surface area contributed by atoms with Crippen molar-refractivity contribution in [2.24, 2.45) is 0 Å². The third kappa shape index (κ3) is 6.72. The predicted octanol–water partition coefficient (Wildman–Crippen LogP) is 4.65. The van der Waals surface area contributed by atoms with Gasteiger partial charge in [-0.15, -0.1) is 11.8 Å². The van der Waals surface area contributed by atoms with Crippen LogP contribution in [0, 0.1) is 6.92 Å². The highest BCUT2D eigenvalue weighted by Crippen LogP contribution is 2.26. The summed E-state index contributed by atoms with van der Waals surface area (Å²) in [4.78, 5) is 24.7. The van der Waals surface area contributed by atoms with E-state index in [-0.39, 0.29) is 18.4 Å². The fourth-order valence-electron chi connectivity index (χ4n) is 2.04. The number of halogens is 2. The summed E-state index contributed by atoms with van der Waals surface area (Å²) in [5.41, 5.74) is 1.68. The van der Waals surface area contributed by atoms with Crippen LogP contribution in [0.4, 0.5) is 5.69 Å². The van der Waals surface area contributed by atoms with Gasteiger partial charge in [0.2, 0.25) is 11.8 Å². The zero-order valence-electron chi connectivity index (χ0n) is 13.6. The van der Waals surface area contributed by atoms with Gasteiger partial charge in [-0.3, -0.25) is 9.59 Å². The summed E-state index contributed by atoms with van der Waals surface area (Å²) in [5.74, 6) is 0.183. The number of hydrogen-bond donors (Lipinski definition) is 2. The molecule has 0 radical (unpaired) electrons. The normalized spacial score (nSPS) is 10.4. The van der Waals surface area contributed by atoms with Crippen LogP contribution < -0.4 is 10.6 Å². The summed E-state index contributed by atoms with van der Waals surface area (Å²) < 4.78 is 0.951. The number of carbonyl (C=O) groups excluding carboxylic acids is 2. The molecule has 0 spiro atoms. The summed E-state index contributed by atoms with van der Waals surface area (Å²) >= 11 is 11.0. The Labute approximate surface area is 164 Å². The Kier molecular flexibility index (Phi) is 7.81. The van der Waals surface area contributed by atoms with E-state index in [1.807, 2.05) is 49.4 Å². The molecule has 0 aromatic heterocycles. The minimum absolute atomic E-state index is 0.0505. The number of benzene rings is 2. The van der Waals surface area contributed by atoms with Crippen LogP contribution >= 0.6 is 39.3 Å². The summed E-state index contributed by atoms with van der Waals surface area (Å²) in [5, 5.41) is 6.09. The number of aryl methyl sites for hydroxylation is 1. The molecule has 0 unspecified atom stereocenters. The van der Waals surface area contributed by atoms with E-state index >= 15 is 0 Å². The van der Waals surface area contributed by atoms with E-state index in [9.17, 15) is 9.59 Å². The molecular formula is C18H18BrClN2O2S. The molecule has 7 heteroatoms. The van der Waals surface area contributed by atoms with E-state index in [1.165, 1.54) is 11.8 Å². The van der Waals surface area contributed by atoms with Crippen LogP contribution in [0.15, 0.2) is 51.8 Å². The van der Waals surface area contributed by atoms with E-state index in [4.69, 9.17) is 11.6 Å². The highest BCUT2D eigenvalue weighted by molar-refractivity contribution is 9.10. The smallest absolute Gasteiger partial charge is 0.243 e. The number of nitrogens with one attached hydrogen (secondary N) is 2. The molecule has 0 atom stereocenters. The molecule has 2 aromatic rings. The molecule has 0 fully saturated rings. The fourth-order valence-corrected chi connectivity index (χ4v) is 3.71. The molecule has 2 N–H and O–H groups in total. The summed E-state index contributed by atoms with van der Waals surface area (Å²) in [6.07, 6.45) is 0.320. The highest BCUT2D eigenvalue weighted by atomic mass is 79.9.